The second kappa shape index (κ2) is 4.25. The summed E-state index contributed by atoms with van der Waals surface area (Å²) in [5.41, 5.74) is 6.59. The van der Waals surface area contributed by atoms with Gasteiger partial charge in [0.2, 0.25) is 0 Å². The van der Waals surface area contributed by atoms with Gasteiger partial charge in [-0.15, -0.1) is 0 Å². The fourth-order valence-corrected chi connectivity index (χ4v) is 1.23. The van der Waals surface area contributed by atoms with E-state index in [2.05, 4.69) is 10.3 Å². The van der Waals surface area contributed by atoms with Gasteiger partial charge in [0.05, 0.1) is 23.3 Å². The topological polar surface area (TPSA) is 105 Å². The van der Waals surface area contributed by atoms with E-state index in [9.17, 15) is 8.42 Å². The van der Waals surface area contributed by atoms with Crippen LogP contribution in [0.1, 0.15) is 0 Å². The molecule has 4 N–H and O–H groups in total. The predicted octanol–water partition coefficient (Wildman–Crippen LogP) is -0.0365. The number of nitrogens with one attached hydrogen (secondary N) is 1. The second-order valence-corrected chi connectivity index (χ2v) is 4.25. The Morgan fingerprint density at radius 3 is 2.86 bits per heavy atom. The standard InChI is InChI=1S/C7H11N3O3S/c8-6-1-2-9-5-7(6)10-3-4-14(11,12)13/h1-2,5,10H,3-4H2,(H2,8,9)(H,11,12,13). The van der Waals surface area contributed by atoms with Crippen LogP contribution in [0, 0.1) is 0 Å². The number of hydrogen-bond acceptors (Lipinski definition) is 5. The van der Waals surface area contributed by atoms with E-state index in [0.29, 0.717) is 11.4 Å². The van der Waals surface area contributed by atoms with Crippen LogP contribution in [0.4, 0.5) is 11.4 Å². The first kappa shape index (κ1) is 10.7. The molecular weight excluding hydrogens is 206 g/mol. The molecule has 0 aliphatic heterocycles. The Bertz CT molecular complexity index is 404. The summed E-state index contributed by atoms with van der Waals surface area (Å²) in [5.74, 6) is -0.360. The van der Waals surface area contributed by atoms with E-state index in [-0.39, 0.29) is 12.3 Å². The zero-order valence-electron chi connectivity index (χ0n) is 7.34. The first-order valence-corrected chi connectivity index (χ1v) is 5.48. The summed E-state index contributed by atoms with van der Waals surface area (Å²) in [6.45, 7) is 0.0920. The van der Waals surface area contributed by atoms with Gasteiger partial charge < -0.3 is 11.1 Å². The van der Waals surface area contributed by atoms with Crippen molar-refractivity contribution in [3.63, 3.8) is 0 Å². The Morgan fingerprint density at radius 1 is 1.57 bits per heavy atom. The Kier molecular flexibility index (Phi) is 3.26. The zero-order valence-corrected chi connectivity index (χ0v) is 8.16. The third-order valence-corrected chi connectivity index (χ3v) is 2.25. The van der Waals surface area contributed by atoms with Crippen molar-refractivity contribution in [2.24, 2.45) is 0 Å². The molecule has 0 spiro atoms. The quantitative estimate of drug-likeness (QED) is 0.611. The summed E-state index contributed by atoms with van der Waals surface area (Å²) in [7, 11) is -3.93. The highest BCUT2D eigenvalue weighted by Crippen LogP contribution is 2.14. The average molecular weight is 217 g/mol. The summed E-state index contributed by atoms with van der Waals surface area (Å²) >= 11 is 0. The first-order chi connectivity index (χ1) is 6.49. The van der Waals surface area contributed by atoms with E-state index in [1.165, 1.54) is 12.4 Å². The minimum atomic E-state index is -3.93. The Labute approximate surface area is 81.9 Å². The van der Waals surface area contributed by atoms with Gasteiger partial charge in [-0.3, -0.25) is 9.54 Å². The minimum absolute atomic E-state index is 0.0920. The van der Waals surface area contributed by atoms with Crippen molar-refractivity contribution in [2.45, 2.75) is 0 Å². The number of nitrogens with zero attached hydrogens (tertiary/aromatic N) is 1. The molecule has 0 aromatic carbocycles. The summed E-state index contributed by atoms with van der Waals surface area (Å²) in [5, 5.41) is 2.74. The van der Waals surface area contributed by atoms with Crippen LogP contribution in [-0.4, -0.2) is 30.3 Å². The highest BCUT2D eigenvalue weighted by Gasteiger charge is 2.04. The van der Waals surface area contributed by atoms with E-state index in [1.807, 2.05) is 0 Å². The SMILES string of the molecule is Nc1ccncc1NCCS(=O)(=O)O. The molecular formula is C7H11N3O3S. The third kappa shape index (κ3) is 3.58. The lowest BCUT2D eigenvalue weighted by atomic mass is 10.3. The zero-order chi connectivity index (χ0) is 10.6. The van der Waals surface area contributed by atoms with E-state index >= 15 is 0 Å². The molecule has 1 rings (SSSR count). The van der Waals surface area contributed by atoms with Crippen molar-refractivity contribution in [1.29, 1.82) is 0 Å². The number of nitrogen functional groups attached to an aromatic ring is 1. The molecule has 1 heterocycles. The molecule has 0 bridgehead atoms. The Morgan fingerprint density at radius 2 is 2.29 bits per heavy atom. The molecule has 0 unspecified atom stereocenters. The average Bonchev–Trinajstić information content (AvgIpc) is 2.06. The van der Waals surface area contributed by atoms with Crippen molar-refractivity contribution in [3.05, 3.63) is 18.5 Å². The normalized spacial score (nSPS) is 11.2. The maximum absolute atomic E-state index is 10.4. The van der Waals surface area contributed by atoms with Crippen LogP contribution in [0.3, 0.4) is 0 Å². The molecule has 0 fully saturated rings. The van der Waals surface area contributed by atoms with Crippen LogP contribution in [0.25, 0.3) is 0 Å². The van der Waals surface area contributed by atoms with E-state index < -0.39 is 10.1 Å². The molecule has 1 aromatic heterocycles. The number of nitrogens with two attached hydrogens (primary N) is 1. The lowest BCUT2D eigenvalue weighted by Gasteiger charge is -2.06. The number of hydrogen-bond donors (Lipinski definition) is 3. The highest BCUT2D eigenvalue weighted by atomic mass is 32.2. The largest absolute Gasteiger partial charge is 0.397 e. The van der Waals surface area contributed by atoms with Gasteiger partial charge in [-0.05, 0) is 6.07 Å². The molecule has 1 aromatic rings. The van der Waals surface area contributed by atoms with Crippen molar-refractivity contribution < 1.29 is 13.0 Å². The highest BCUT2D eigenvalue weighted by molar-refractivity contribution is 7.85. The predicted molar refractivity (Wildman–Crippen MR) is 53.6 cm³/mol. The van der Waals surface area contributed by atoms with Gasteiger partial charge in [0, 0.05) is 12.7 Å². The van der Waals surface area contributed by atoms with E-state index in [0.717, 1.165) is 0 Å². The molecule has 78 valence electrons. The molecule has 0 atom stereocenters. The molecule has 0 saturated carbocycles. The molecule has 7 heteroatoms. The maximum atomic E-state index is 10.4. The van der Waals surface area contributed by atoms with Crippen LogP contribution in [0.5, 0.6) is 0 Å². The van der Waals surface area contributed by atoms with Gasteiger partial charge in [0.25, 0.3) is 10.1 Å². The van der Waals surface area contributed by atoms with Gasteiger partial charge in [0.15, 0.2) is 0 Å². The summed E-state index contributed by atoms with van der Waals surface area (Å²) in [4.78, 5) is 3.81. The van der Waals surface area contributed by atoms with Gasteiger partial charge in [-0.25, -0.2) is 0 Å². The number of aromatic nitrogens is 1. The van der Waals surface area contributed by atoms with E-state index in [1.54, 1.807) is 6.07 Å². The fourth-order valence-electron chi connectivity index (χ4n) is 0.868. The maximum Gasteiger partial charge on any atom is 0.266 e. The Hall–Kier alpha value is -1.34. The van der Waals surface area contributed by atoms with Crippen molar-refractivity contribution in [1.82, 2.24) is 4.98 Å². The molecule has 6 nitrogen and oxygen atoms in total. The molecule has 0 amide bonds. The smallest absolute Gasteiger partial charge is 0.266 e. The Balaban J connectivity index is 2.51. The lowest BCUT2D eigenvalue weighted by molar-refractivity contribution is 0.484. The van der Waals surface area contributed by atoms with Crippen molar-refractivity contribution >= 4 is 21.5 Å². The summed E-state index contributed by atoms with van der Waals surface area (Å²) in [6, 6.07) is 1.59. The fraction of sp³-hybridized carbons (Fsp3) is 0.286. The molecule has 0 saturated heterocycles. The van der Waals surface area contributed by atoms with Crippen LogP contribution in [0.2, 0.25) is 0 Å². The molecule has 0 radical (unpaired) electrons. The number of anilines is 2. The van der Waals surface area contributed by atoms with Gasteiger partial charge in [-0.2, -0.15) is 8.42 Å². The van der Waals surface area contributed by atoms with Gasteiger partial charge in [-0.1, -0.05) is 0 Å². The van der Waals surface area contributed by atoms with Gasteiger partial charge >= 0.3 is 0 Å². The molecule has 0 aliphatic rings. The first-order valence-electron chi connectivity index (χ1n) is 3.87. The minimum Gasteiger partial charge on any atom is -0.397 e. The van der Waals surface area contributed by atoms with Gasteiger partial charge in [0.1, 0.15) is 0 Å². The van der Waals surface area contributed by atoms with Crippen LogP contribution in [-0.2, 0) is 10.1 Å². The van der Waals surface area contributed by atoms with Crippen molar-refractivity contribution in [3.8, 4) is 0 Å². The monoisotopic (exact) mass is 217 g/mol. The molecule has 14 heavy (non-hydrogen) atoms. The second-order valence-electron chi connectivity index (χ2n) is 2.68. The van der Waals surface area contributed by atoms with E-state index in [4.69, 9.17) is 10.3 Å². The van der Waals surface area contributed by atoms with Crippen LogP contribution in [0.15, 0.2) is 18.5 Å². The number of pyridine rings is 1. The third-order valence-electron chi connectivity index (χ3n) is 1.53. The number of rotatable bonds is 4. The summed E-state index contributed by atoms with van der Waals surface area (Å²) < 4.78 is 29.2. The lowest BCUT2D eigenvalue weighted by Crippen LogP contribution is -2.15. The van der Waals surface area contributed by atoms with Crippen LogP contribution >= 0.6 is 0 Å². The molecule has 0 aliphatic carbocycles. The van der Waals surface area contributed by atoms with Crippen LogP contribution < -0.4 is 11.1 Å². The van der Waals surface area contributed by atoms with Crippen molar-refractivity contribution in [2.75, 3.05) is 23.3 Å². The summed E-state index contributed by atoms with van der Waals surface area (Å²) in [6.07, 6.45) is 3.02.